The number of aromatic carboxylic acids is 1. The summed E-state index contributed by atoms with van der Waals surface area (Å²) in [5.41, 5.74) is 2.95. The molecule has 1 aliphatic heterocycles. The lowest BCUT2D eigenvalue weighted by Crippen LogP contribution is -2.31. The molecule has 1 unspecified atom stereocenters. The molecule has 1 atom stereocenters. The minimum atomic E-state index is -1.28. The molecule has 3 aromatic rings. The average Bonchev–Trinajstić information content (AvgIpc) is 3.42. The number of hydrogen-bond donors (Lipinski definition) is 2. The van der Waals surface area contributed by atoms with Gasteiger partial charge in [0.2, 0.25) is 0 Å². The Morgan fingerprint density at radius 1 is 1.34 bits per heavy atom. The molecule has 2 N–H and O–H groups in total. The Hall–Kier alpha value is -2.51. The molecule has 1 saturated carbocycles. The van der Waals surface area contributed by atoms with Gasteiger partial charge in [0.25, 0.3) is 5.56 Å². The maximum absolute atomic E-state index is 15.3. The summed E-state index contributed by atoms with van der Waals surface area (Å²) in [6.07, 6.45) is 3.98. The zero-order valence-electron chi connectivity index (χ0n) is 16.2. The first kappa shape index (κ1) is 18.5. The number of halogens is 1. The first-order valence-electron chi connectivity index (χ1n) is 9.82. The van der Waals surface area contributed by atoms with Gasteiger partial charge in [-0.05, 0) is 67.9 Å². The van der Waals surface area contributed by atoms with Crippen LogP contribution in [0.3, 0.4) is 0 Å². The van der Waals surface area contributed by atoms with Crippen LogP contribution in [0.4, 0.5) is 4.39 Å². The van der Waals surface area contributed by atoms with Crippen LogP contribution < -0.4 is 10.9 Å². The van der Waals surface area contributed by atoms with E-state index in [1.165, 1.54) is 20.9 Å². The molecule has 0 radical (unpaired) electrons. The van der Waals surface area contributed by atoms with Gasteiger partial charge in [-0.2, -0.15) is 0 Å². The number of pyridine rings is 2. The number of thiophene rings is 1. The zero-order valence-corrected chi connectivity index (χ0v) is 17.0. The summed E-state index contributed by atoms with van der Waals surface area (Å²) >= 11 is 1.59. The summed E-state index contributed by atoms with van der Waals surface area (Å²) in [5.74, 6) is -1.55. The number of carboxylic acid groups (broad SMARTS) is 1. The lowest BCUT2D eigenvalue weighted by molar-refractivity contribution is 0.0694. The second-order valence-electron chi connectivity index (χ2n) is 8.14. The number of rotatable bonds is 3. The molecule has 2 aliphatic rings. The Bertz CT molecular complexity index is 1240. The fraction of sp³-hybridized carbons (Fsp3) is 0.364. The van der Waals surface area contributed by atoms with Crippen LogP contribution in [0.25, 0.3) is 16.0 Å². The van der Waals surface area contributed by atoms with Crippen molar-refractivity contribution in [3.63, 3.8) is 0 Å². The fourth-order valence-electron chi connectivity index (χ4n) is 4.39. The number of fused-ring (bicyclic) bond motifs is 2. The quantitative estimate of drug-likeness (QED) is 0.680. The lowest BCUT2D eigenvalue weighted by atomic mass is 9.98. The number of nitrogens with one attached hydrogen (secondary N) is 1. The first-order valence-corrected chi connectivity index (χ1v) is 10.6. The fourth-order valence-corrected chi connectivity index (χ4v) is 5.64. The third kappa shape index (κ3) is 2.91. The molecule has 1 fully saturated rings. The van der Waals surface area contributed by atoms with E-state index in [1.54, 1.807) is 11.3 Å². The third-order valence-corrected chi connectivity index (χ3v) is 7.20. The number of aryl methyl sites for hydroxylation is 1. The second kappa shape index (κ2) is 6.50. The molecule has 1 aliphatic carbocycles. The molecule has 0 bridgehead atoms. The SMILES string of the molecule is Cc1c(-c2cc3c(s2)CNC(C)C3)c(F)cn2c(=O)c(C(=O)O)cc(C3CC3)c12. The molecule has 0 spiro atoms. The van der Waals surface area contributed by atoms with Crippen LogP contribution in [0.5, 0.6) is 0 Å². The summed E-state index contributed by atoms with van der Waals surface area (Å²) in [7, 11) is 0. The van der Waals surface area contributed by atoms with E-state index in [2.05, 4.69) is 18.3 Å². The number of aromatic nitrogens is 1. The van der Waals surface area contributed by atoms with Gasteiger partial charge < -0.3 is 10.4 Å². The number of carboxylic acids is 1. The van der Waals surface area contributed by atoms with Crippen LogP contribution in [-0.4, -0.2) is 21.5 Å². The molecular formula is C22H21FN2O3S. The standard InChI is InChI=1S/C22H21FN2O3S/c1-10-5-13-6-17(29-18(13)8-24-10)19-11(2)20-14(12-3-4-12)7-15(22(27)28)21(26)25(20)9-16(19)23/h6-7,9-10,12,24H,3-5,8H2,1-2H3,(H,27,28). The van der Waals surface area contributed by atoms with E-state index in [0.717, 1.165) is 42.4 Å². The van der Waals surface area contributed by atoms with Crippen molar-refractivity contribution in [3.05, 3.63) is 61.6 Å². The van der Waals surface area contributed by atoms with Crippen molar-refractivity contribution in [2.45, 2.75) is 51.6 Å². The molecule has 150 valence electrons. The van der Waals surface area contributed by atoms with Gasteiger partial charge in [-0.25, -0.2) is 9.18 Å². The molecule has 5 rings (SSSR count). The van der Waals surface area contributed by atoms with Crippen molar-refractivity contribution >= 4 is 22.8 Å². The largest absolute Gasteiger partial charge is 0.477 e. The van der Waals surface area contributed by atoms with Gasteiger partial charge >= 0.3 is 5.97 Å². The Balaban J connectivity index is 1.79. The first-order chi connectivity index (χ1) is 13.8. The molecular weight excluding hydrogens is 391 g/mol. The maximum atomic E-state index is 15.3. The Morgan fingerprint density at radius 2 is 2.10 bits per heavy atom. The molecule has 5 nitrogen and oxygen atoms in total. The van der Waals surface area contributed by atoms with E-state index in [1.807, 2.05) is 6.92 Å². The van der Waals surface area contributed by atoms with Crippen LogP contribution in [0.2, 0.25) is 0 Å². The second-order valence-corrected chi connectivity index (χ2v) is 9.28. The van der Waals surface area contributed by atoms with Crippen molar-refractivity contribution in [3.8, 4) is 10.4 Å². The van der Waals surface area contributed by atoms with Gasteiger partial charge in [-0.1, -0.05) is 0 Å². The van der Waals surface area contributed by atoms with Crippen LogP contribution in [0.15, 0.2) is 23.1 Å². The van der Waals surface area contributed by atoms with Gasteiger partial charge in [-0.15, -0.1) is 11.3 Å². The van der Waals surface area contributed by atoms with Gasteiger partial charge in [0.15, 0.2) is 0 Å². The minimum Gasteiger partial charge on any atom is -0.477 e. The monoisotopic (exact) mass is 412 g/mol. The highest BCUT2D eigenvalue weighted by molar-refractivity contribution is 7.15. The number of hydrogen-bond acceptors (Lipinski definition) is 4. The van der Waals surface area contributed by atoms with Crippen molar-refractivity contribution in [2.24, 2.45) is 0 Å². The molecule has 3 aromatic heterocycles. The summed E-state index contributed by atoms with van der Waals surface area (Å²) in [6, 6.07) is 3.96. The van der Waals surface area contributed by atoms with Gasteiger partial charge in [0.05, 0.1) is 5.52 Å². The predicted octanol–water partition coefficient (Wildman–Crippen LogP) is 4.09. The van der Waals surface area contributed by atoms with Crippen molar-refractivity contribution in [1.29, 1.82) is 0 Å². The Kier molecular flexibility index (Phi) is 4.15. The van der Waals surface area contributed by atoms with E-state index in [-0.39, 0.29) is 11.5 Å². The summed E-state index contributed by atoms with van der Waals surface area (Å²) in [5, 5.41) is 12.9. The summed E-state index contributed by atoms with van der Waals surface area (Å²) in [4.78, 5) is 26.4. The van der Waals surface area contributed by atoms with Crippen LogP contribution in [-0.2, 0) is 13.0 Å². The highest BCUT2D eigenvalue weighted by atomic mass is 32.1. The van der Waals surface area contributed by atoms with Crippen LogP contribution in [0, 0.1) is 12.7 Å². The summed E-state index contributed by atoms with van der Waals surface area (Å²) in [6.45, 7) is 4.75. The summed E-state index contributed by atoms with van der Waals surface area (Å²) < 4.78 is 16.4. The highest BCUT2D eigenvalue weighted by Gasteiger charge is 2.30. The van der Waals surface area contributed by atoms with Crippen molar-refractivity contribution < 1.29 is 14.3 Å². The molecule has 0 amide bonds. The Labute approximate surface area is 170 Å². The normalized spacial score (nSPS) is 18.8. The van der Waals surface area contributed by atoms with Gasteiger partial charge in [-0.3, -0.25) is 9.20 Å². The maximum Gasteiger partial charge on any atom is 0.341 e. The van der Waals surface area contributed by atoms with Gasteiger partial charge in [0, 0.05) is 34.1 Å². The minimum absolute atomic E-state index is 0.224. The van der Waals surface area contributed by atoms with E-state index >= 15 is 4.39 Å². The van der Waals surface area contributed by atoms with Crippen molar-refractivity contribution in [2.75, 3.05) is 0 Å². The third-order valence-electron chi connectivity index (χ3n) is 6.00. The van der Waals surface area contributed by atoms with E-state index in [4.69, 9.17) is 0 Å². The predicted molar refractivity (Wildman–Crippen MR) is 111 cm³/mol. The molecule has 29 heavy (non-hydrogen) atoms. The molecule has 0 saturated heterocycles. The Morgan fingerprint density at radius 3 is 2.79 bits per heavy atom. The highest BCUT2D eigenvalue weighted by Crippen LogP contribution is 2.45. The van der Waals surface area contributed by atoms with Crippen molar-refractivity contribution in [1.82, 2.24) is 9.72 Å². The molecule has 7 heteroatoms. The topological polar surface area (TPSA) is 70.8 Å². The smallest absolute Gasteiger partial charge is 0.341 e. The van der Waals surface area contributed by atoms with Crippen LogP contribution >= 0.6 is 11.3 Å². The molecule has 0 aromatic carbocycles. The van der Waals surface area contributed by atoms with Crippen LogP contribution in [0.1, 0.15) is 57.6 Å². The zero-order chi connectivity index (χ0) is 20.4. The van der Waals surface area contributed by atoms with E-state index < -0.39 is 17.3 Å². The lowest BCUT2D eigenvalue weighted by Gasteiger charge is -2.19. The van der Waals surface area contributed by atoms with Gasteiger partial charge in [0.1, 0.15) is 11.4 Å². The van der Waals surface area contributed by atoms with E-state index in [0.29, 0.717) is 22.7 Å². The van der Waals surface area contributed by atoms with E-state index in [9.17, 15) is 14.7 Å². The number of carbonyl (C=O) groups is 1. The number of nitrogens with zero attached hydrogens (tertiary/aromatic N) is 1. The average molecular weight is 412 g/mol. The molecule has 4 heterocycles.